The van der Waals surface area contributed by atoms with Gasteiger partial charge in [0.05, 0.1) is 0 Å². The van der Waals surface area contributed by atoms with Gasteiger partial charge in [-0.2, -0.15) is 0 Å². The molecule has 0 bridgehead atoms. The first-order chi connectivity index (χ1) is 8.36. The van der Waals surface area contributed by atoms with E-state index in [1.165, 1.54) is 24.6 Å². The predicted molar refractivity (Wildman–Crippen MR) is 73.3 cm³/mol. The highest BCUT2D eigenvalue weighted by atomic mass is 79.9. The molecule has 0 atom stereocenters. The lowest BCUT2D eigenvalue weighted by Gasteiger charge is -2.28. The smallest absolute Gasteiger partial charge is 0.159 e. The summed E-state index contributed by atoms with van der Waals surface area (Å²) < 4.78 is 0.828. The molecule has 1 aromatic carbocycles. The van der Waals surface area contributed by atoms with Gasteiger partial charge in [-0.3, -0.25) is 0 Å². The Hall–Kier alpha value is -1.16. The quantitative estimate of drug-likeness (QED) is 0.807. The van der Waals surface area contributed by atoms with Gasteiger partial charge in [0.2, 0.25) is 0 Å². The molecule has 0 amide bonds. The first-order valence-corrected chi connectivity index (χ1v) is 6.81. The molecule has 1 aliphatic rings. The van der Waals surface area contributed by atoms with Crippen LogP contribution < -0.4 is 4.90 Å². The molecule has 3 rings (SSSR count). The van der Waals surface area contributed by atoms with Crippen LogP contribution in [0.4, 0.5) is 5.82 Å². The summed E-state index contributed by atoms with van der Waals surface area (Å²) in [6.45, 7) is 2.20. The van der Waals surface area contributed by atoms with Crippen LogP contribution in [-0.4, -0.2) is 23.3 Å². The third-order valence-electron chi connectivity index (χ3n) is 3.28. The molecule has 0 saturated carbocycles. The summed E-state index contributed by atoms with van der Waals surface area (Å²) in [7, 11) is 0. The van der Waals surface area contributed by atoms with Gasteiger partial charge in [-0.25, -0.2) is 0 Å². The monoisotopic (exact) mass is 291 g/mol. The van der Waals surface area contributed by atoms with Crippen LogP contribution in [0.25, 0.3) is 10.8 Å². The number of fused-ring (bicyclic) bond motifs is 1. The lowest BCUT2D eigenvalue weighted by Crippen LogP contribution is -2.30. The topological polar surface area (TPSA) is 29.0 Å². The Morgan fingerprint density at radius 1 is 0.941 bits per heavy atom. The Balaban J connectivity index is 2.12. The SMILES string of the molecule is Brc1nnc(N2CCCCC2)c2ccccc12. The molecule has 4 heteroatoms. The van der Waals surface area contributed by atoms with Crippen LogP contribution in [0.2, 0.25) is 0 Å². The number of benzene rings is 1. The summed E-state index contributed by atoms with van der Waals surface area (Å²) >= 11 is 3.46. The van der Waals surface area contributed by atoms with Crippen molar-refractivity contribution in [2.45, 2.75) is 19.3 Å². The van der Waals surface area contributed by atoms with E-state index in [9.17, 15) is 0 Å². The maximum Gasteiger partial charge on any atom is 0.159 e. The van der Waals surface area contributed by atoms with E-state index in [0.29, 0.717) is 0 Å². The molecular weight excluding hydrogens is 278 g/mol. The van der Waals surface area contributed by atoms with Crippen molar-refractivity contribution in [1.29, 1.82) is 0 Å². The number of aromatic nitrogens is 2. The molecule has 17 heavy (non-hydrogen) atoms. The maximum absolute atomic E-state index is 4.36. The fourth-order valence-corrected chi connectivity index (χ4v) is 2.82. The predicted octanol–water partition coefficient (Wildman–Crippen LogP) is 3.38. The van der Waals surface area contributed by atoms with Crippen molar-refractivity contribution in [3.05, 3.63) is 28.9 Å². The maximum atomic E-state index is 4.36. The molecule has 0 aliphatic carbocycles. The van der Waals surface area contributed by atoms with Gasteiger partial charge in [-0.05, 0) is 35.2 Å². The second kappa shape index (κ2) is 4.61. The molecule has 0 unspecified atom stereocenters. The molecule has 1 aromatic heterocycles. The number of hydrogen-bond donors (Lipinski definition) is 0. The Bertz CT molecular complexity index is 535. The van der Waals surface area contributed by atoms with Crippen molar-refractivity contribution >= 4 is 32.5 Å². The third-order valence-corrected chi connectivity index (χ3v) is 3.86. The van der Waals surface area contributed by atoms with Crippen LogP contribution in [0.3, 0.4) is 0 Å². The van der Waals surface area contributed by atoms with Gasteiger partial charge in [0, 0.05) is 23.9 Å². The largest absolute Gasteiger partial charge is 0.355 e. The fourth-order valence-electron chi connectivity index (χ4n) is 2.40. The van der Waals surface area contributed by atoms with Crippen molar-refractivity contribution in [3.8, 4) is 0 Å². The molecule has 2 heterocycles. The number of halogens is 1. The molecule has 1 saturated heterocycles. The normalized spacial score (nSPS) is 16.4. The van der Waals surface area contributed by atoms with E-state index < -0.39 is 0 Å². The van der Waals surface area contributed by atoms with Gasteiger partial charge in [-0.15, -0.1) is 10.2 Å². The van der Waals surface area contributed by atoms with E-state index in [-0.39, 0.29) is 0 Å². The summed E-state index contributed by atoms with van der Waals surface area (Å²) in [5.74, 6) is 1.03. The van der Waals surface area contributed by atoms with Crippen molar-refractivity contribution in [3.63, 3.8) is 0 Å². The second-order valence-electron chi connectivity index (χ2n) is 4.41. The van der Waals surface area contributed by atoms with Gasteiger partial charge in [0.1, 0.15) is 4.60 Å². The van der Waals surface area contributed by atoms with E-state index in [2.05, 4.69) is 49.2 Å². The van der Waals surface area contributed by atoms with Crippen LogP contribution in [0.5, 0.6) is 0 Å². The molecule has 0 spiro atoms. The zero-order chi connectivity index (χ0) is 11.7. The number of hydrogen-bond acceptors (Lipinski definition) is 3. The van der Waals surface area contributed by atoms with E-state index in [4.69, 9.17) is 0 Å². The number of piperidine rings is 1. The van der Waals surface area contributed by atoms with Crippen molar-refractivity contribution in [1.82, 2.24) is 10.2 Å². The van der Waals surface area contributed by atoms with Gasteiger partial charge in [-0.1, -0.05) is 24.3 Å². The van der Waals surface area contributed by atoms with E-state index in [1.54, 1.807) is 0 Å². The lowest BCUT2D eigenvalue weighted by molar-refractivity contribution is 0.572. The molecule has 1 aliphatic heterocycles. The van der Waals surface area contributed by atoms with E-state index in [0.717, 1.165) is 28.9 Å². The average molecular weight is 292 g/mol. The molecule has 0 radical (unpaired) electrons. The van der Waals surface area contributed by atoms with E-state index in [1.807, 2.05) is 6.07 Å². The minimum absolute atomic E-state index is 0.828. The molecule has 2 aromatic rings. The van der Waals surface area contributed by atoms with Gasteiger partial charge >= 0.3 is 0 Å². The summed E-state index contributed by atoms with van der Waals surface area (Å²) in [6, 6.07) is 8.30. The highest BCUT2D eigenvalue weighted by molar-refractivity contribution is 9.10. The number of nitrogens with zero attached hydrogens (tertiary/aromatic N) is 3. The zero-order valence-corrected chi connectivity index (χ0v) is 11.2. The minimum atomic E-state index is 0.828. The van der Waals surface area contributed by atoms with Crippen molar-refractivity contribution in [2.24, 2.45) is 0 Å². The second-order valence-corrected chi connectivity index (χ2v) is 5.16. The number of rotatable bonds is 1. The summed E-state index contributed by atoms with van der Waals surface area (Å²) in [5, 5.41) is 10.9. The van der Waals surface area contributed by atoms with E-state index >= 15 is 0 Å². The lowest BCUT2D eigenvalue weighted by atomic mass is 10.1. The first kappa shape index (κ1) is 11.0. The van der Waals surface area contributed by atoms with Crippen LogP contribution in [0.15, 0.2) is 28.9 Å². The van der Waals surface area contributed by atoms with Crippen molar-refractivity contribution < 1.29 is 0 Å². The summed E-state index contributed by atoms with van der Waals surface area (Å²) in [5.41, 5.74) is 0. The van der Waals surface area contributed by atoms with Crippen LogP contribution in [0, 0.1) is 0 Å². The number of anilines is 1. The Morgan fingerprint density at radius 3 is 2.41 bits per heavy atom. The summed E-state index contributed by atoms with van der Waals surface area (Å²) in [4.78, 5) is 2.35. The van der Waals surface area contributed by atoms with Crippen molar-refractivity contribution in [2.75, 3.05) is 18.0 Å². The van der Waals surface area contributed by atoms with Crippen LogP contribution >= 0.6 is 15.9 Å². The summed E-state index contributed by atoms with van der Waals surface area (Å²) in [6.07, 6.45) is 3.84. The fraction of sp³-hybridized carbons (Fsp3) is 0.385. The van der Waals surface area contributed by atoms with Gasteiger partial charge in [0.25, 0.3) is 0 Å². The minimum Gasteiger partial charge on any atom is -0.355 e. The Morgan fingerprint density at radius 2 is 1.65 bits per heavy atom. The highest BCUT2D eigenvalue weighted by Crippen LogP contribution is 2.29. The zero-order valence-electron chi connectivity index (χ0n) is 9.56. The van der Waals surface area contributed by atoms with Gasteiger partial charge < -0.3 is 4.90 Å². The molecule has 3 nitrogen and oxygen atoms in total. The molecule has 0 N–H and O–H groups in total. The Labute approximate surface area is 109 Å². The van der Waals surface area contributed by atoms with Gasteiger partial charge in [0.15, 0.2) is 5.82 Å². The van der Waals surface area contributed by atoms with Crippen LogP contribution in [-0.2, 0) is 0 Å². The Kier molecular flexibility index (Phi) is 2.97. The third kappa shape index (κ3) is 2.02. The highest BCUT2D eigenvalue weighted by Gasteiger charge is 2.16. The van der Waals surface area contributed by atoms with Crippen LogP contribution in [0.1, 0.15) is 19.3 Å². The average Bonchev–Trinajstić information content (AvgIpc) is 2.41. The molecule has 88 valence electrons. The first-order valence-electron chi connectivity index (χ1n) is 6.02. The standard InChI is InChI=1S/C13H14BrN3/c14-12-10-6-2-3-7-11(10)13(16-15-12)17-8-4-1-5-9-17/h2-3,6-7H,1,4-5,8-9H2. The molecular formula is C13H14BrN3. The molecule has 1 fully saturated rings.